The number of aliphatic imine (C=N–C) groups is 1. The summed E-state index contributed by atoms with van der Waals surface area (Å²) < 4.78 is 0. The van der Waals surface area contributed by atoms with E-state index in [4.69, 9.17) is 0 Å². The maximum atomic E-state index is 13.4. The second-order valence-corrected chi connectivity index (χ2v) is 8.39. The minimum absolute atomic E-state index is 0.00493. The van der Waals surface area contributed by atoms with Gasteiger partial charge >= 0.3 is 6.03 Å². The van der Waals surface area contributed by atoms with Gasteiger partial charge in [0.1, 0.15) is 5.82 Å². The minimum Gasteiger partial charge on any atom is -0.317 e. The first-order valence-corrected chi connectivity index (χ1v) is 9.73. The summed E-state index contributed by atoms with van der Waals surface area (Å²) in [4.78, 5) is 21.4. The lowest BCUT2D eigenvalue weighted by molar-refractivity contribution is 0.0565. The van der Waals surface area contributed by atoms with E-state index in [9.17, 15) is 4.79 Å². The van der Waals surface area contributed by atoms with Gasteiger partial charge in [0.25, 0.3) is 0 Å². The Hall–Kier alpha value is -2.41. The zero-order valence-corrected chi connectivity index (χ0v) is 17.9. The van der Waals surface area contributed by atoms with Crippen LogP contribution in [0.2, 0.25) is 0 Å². The van der Waals surface area contributed by atoms with Gasteiger partial charge in [-0.05, 0) is 77.6 Å². The zero-order chi connectivity index (χ0) is 20.9. The number of amides is 2. The van der Waals surface area contributed by atoms with Gasteiger partial charge in [0, 0.05) is 12.6 Å². The quantitative estimate of drug-likeness (QED) is 0.419. The number of carbonyl (C=O) groups is 1. The number of nitrogens with zero attached hydrogens (tertiary/aromatic N) is 4. The Morgan fingerprint density at radius 1 is 1.29 bits per heavy atom. The van der Waals surface area contributed by atoms with Crippen LogP contribution in [0.3, 0.4) is 0 Å². The van der Waals surface area contributed by atoms with Crippen molar-refractivity contribution < 1.29 is 4.79 Å². The van der Waals surface area contributed by atoms with Crippen molar-refractivity contribution in [1.82, 2.24) is 20.5 Å². The molecule has 1 spiro atoms. The topological polar surface area (TPSA) is 72.3 Å². The molecule has 154 valence electrons. The summed E-state index contributed by atoms with van der Waals surface area (Å²) in [5.74, 6) is 0.562. The van der Waals surface area contributed by atoms with Crippen LogP contribution in [-0.2, 0) is 0 Å². The average Bonchev–Trinajstić information content (AvgIpc) is 2.92. The number of rotatable bonds is 6. The highest BCUT2D eigenvalue weighted by atomic mass is 16.2. The fourth-order valence-corrected chi connectivity index (χ4v) is 3.99. The van der Waals surface area contributed by atoms with Gasteiger partial charge in [-0.3, -0.25) is 4.90 Å². The molecule has 0 aromatic rings. The van der Waals surface area contributed by atoms with Gasteiger partial charge in [-0.1, -0.05) is 12.7 Å². The van der Waals surface area contributed by atoms with Crippen LogP contribution in [0, 0.1) is 0 Å². The summed E-state index contributed by atoms with van der Waals surface area (Å²) in [6.07, 6.45) is 7.26. The van der Waals surface area contributed by atoms with Crippen molar-refractivity contribution in [3.63, 3.8) is 0 Å². The van der Waals surface area contributed by atoms with Crippen LogP contribution in [0.15, 0.2) is 45.8 Å². The molecule has 0 aromatic carbocycles. The number of hydrazone groups is 1. The van der Waals surface area contributed by atoms with Crippen LogP contribution in [0.1, 0.15) is 40.5 Å². The molecule has 0 bridgehead atoms. The molecule has 2 fully saturated rings. The number of carbonyl (C=O) groups excluding carboxylic acids is 1. The van der Waals surface area contributed by atoms with Crippen LogP contribution < -0.4 is 10.7 Å². The first-order valence-electron chi connectivity index (χ1n) is 9.73. The number of piperidine rings is 1. The Labute approximate surface area is 168 Å². The Balaban J connectivity index is 2.34. The highest BCUT2D eigenvalue weighted by molar-refractivity contribution is 5.83. The number of allylic oxidation sites excluding steroid dienone is 4. The first-order chi connectivity index (χ1) is 13.2. The molecule has 2 N–H and O–H groups in total. The molecule has 7 heteroatoms. The van der Waals surface area contributed by atoms with Crippen LogP contribution in [0.4, 0.5) is 4.79 Å². The van der Waals surface area contributed by atoms with E-state index in [0.717, 1.165) is 37.1 Å². The maximum Gasteiger partial charge on any atom is 0.326 e. The smallest absolute Gasteiger partial charge is 0.317 e. The van der Waals surface area contributed by atoms with E-state index in [-0.39, 0.29) is 17.1 Å². The van der Waals surface area contributed by atoms with Crippen LogP contribution in [0.5, 0.6) is 0 Å². The van der Waals surface area contributed by atoms with E-state index in [1.54, 1.807) is 18.2 Å². The van der Waals surface area contributed by atoms with Crippen molar-refractivity contribution in [2.45, 2.75) is 51.6 Å². The largest absolute Gasteiger partial charge is 0.326 e. The van der Waals surface area contributed by atoms with Crippen molar-refractivity contribution in [2.75, 3.05) is 26.7 Å². The predicted octanol–water partition coefficient (Wildman–Crippen LogP) is 2.89. The molecule has 2 aliphatic rings. The summed E-state index contributed by atoms with van der Waals surface area (Å²) >= 11 is 0. The van der Waals surface area contributed by atoms with E-state index >= 15 is 0 Å². The number of urea groups is 1. The molecule has 0 aliphatic carbocycles. The van der Waals surface area contributed by atoms with Gasteiger partial charge in [-0.15, -0.1) is 0 Å². The Morgan fingerprint density at radius 2 is 1.93 bits per heavy atom. The van der Waals surface area contributed by atoms with E-state index in [1.165, 1.54) is 0 Å². The summed E-state index contributed by atoms with van der Waals surface area (Å²) in [6, 6.07) is -0.00493. The van der Waals surface area contributed by atoms with Crippen LogP contribution in [-0.4, -0.2) is 66.5 Å². The van der Waals surface area contributed by atoms with Crippen molar-refractivity contribution in [2.24, 2.45) is 10.1 Å². The van der Waals surface area contributed by atoms with Gasteiger partial charge in [0.15, 0.2) is 0 Å². The number of hydrogen-bond donors (Lipinski definition) is 2. The van der Waals surface area contributed by atoms with Gasteiger partial charge in [-0.25, -0.2) is 9.79 Å². The SMILES string of the molecule is C=N/C(=C\C=C(/C)C(=C)/C=N\NC)N1CC2(CCNCC2)N(C(C)(C)C)C1=O. The Kier molecular flexibility index (Phi) is 6.82. The molecule has 0 saturated carbocycles. The second-order valence-electron chi connectivity index (χ2n) is 8.39. The second kappa shape index (κ2) is 8.73. The lowest BCUT2D eigenvalue weighted by Crippen LogP contribution is -2.59. The molecule has 2 amide bonds. The molecule has 28 heavy (non-hydrogen) atoms. The fraction of sp³-hybridized carbons (Fsp3) is 0.571. The third-order valence-electron chi connectivity index (χ3n) is 5.33. The highest BCUT2D eigenvalue weighted by Gasteiger charge is 2.54. The summed E-state index contributed by atoms with van der Waals surface area (Å²) in [5.41, 5.74) is 3.99. The molecule has 0 aromatic heterocycles. The predicted molar refractivity (Wildman–Crippen MR) is 117 cm³/mol. The lowest BCUT2D eigenvalue weighted by Gasteiger charge is -2.47. The normalized spacial score (nSPS) is 21.0. The van der Waals surface area contributed by atoms with E-state index in [1.807, 2.05) is 19.1 Å². The van der Waals surface area contributed by atoms with Crippen molar-refractivity contribution in [1.29, 1.82) is 0 Å². The molecule has 0 radical (unpaired) electrons. The minimum atomic E-state index is -0.265. The Morgan fingerprint density at radius 3 is 2.46 bits per heavy atom. The van der Waals surface area contributed by atoms with Crippen LogP contribution in [0.25, 0.3) is 0 Å². The van der Waals surface area contributed by atoms with E-state index < -0.39 is 0 Å². The third-order valence-corrected chi connectivity index (χ3v) is 5.33. The highest BCUT2D eigenvalue weighted by Crippen LogP contribution is 2.40. The maximum absolute atomic E-state index is 13.4. The molecule has 2 aliphatic heterocycles. The average molecular weight is 387 g/mol. The monoisotopic (exact) mass is 386 g/mol. The molecule has 7 nitrogen and oxygen atoms in total. The molecule has 0 atom stereocenters. The van der Waals surface area contributed by atoms with Gasteiger partial charge in [0.05, 0.1) is 18.3 Å². The standard InChI is InChI=1S/C21H34N6O/c1-16(17(2)14-25-23-7)8-9-18(22-6)26-15-21(10-12-24-13-11-21)27(19(26)28)20(3,4)5/h8-9,14,23-24H,2,6,10-13,15H2,1,3-5,7H3/b16-8+,18-9+,25-14-. The fourth-order valence-electron chi connectivity index (χ4n) is 3.99. The van der Waals surface area contributed by atoms with E-state index in [2.05, 4.69) is 59.8 Å². The number of hydrogen-bond acceptors (Lipinski definition) is 5. The van der Waals surface area contributed by atoms with Gasteiger partial charge < -0.3 is 15.6 Å². The molecule has 0 unspecified atom stereocenters. The first kappa shape index (κ1) is 21.9. The summed E-state index contributed by atoms with van der Waals surface area (Å²) in [6.45, 7) is 18.4. The van der Waals surface area contributed by atoms with Gasteiger partial charge in [-0.2, -0.15) is 5.10 Å². The number of nitrogens with one attached hydrogen (secondary N) is 2. The summed E-state index contributed by atoms with van der Waals surface area (Å²) in [5, 5.41) is 7.38. The Bertz CT molecular complexity index is 707. The van der Waals surface area contributed by atoms with E-state index in [0.29, 0.717) is 12.4 Å². The molecular formula is C21H34N6O. The third kappa shape index (κ3) is 4.52. The van der Waals surface area contributed by atoms with Crippen molar-refractivity contribution >= 4 is 19.0 Å². The van der Waals surface area contributed by atoms with Crippen molar-refractivity contribution in [3.05, 3.63) is 35.7 Å². The molecule has 2 rings (SSSR count). The summed E-state index contributed by atoms with van der Waals surface area (Å²) in [7, 11) is 1.74. The van der Waals surface area contributed by atoms with Gasteiger partial charge in [0.2, 0.25) is 0 Å². The molecular weight excluding hydrogens is 352 g/mol. The molecule has 2 saturated heterocycles. The lowest BCUT2D eigenvalue weighted by atomic mass is 9.84. The zero-order valence-electron chi connectivity index (χ0n) is 17.9. The van der Waals surface area contributed by atoms with Crippen LogP contribution >= 0.6 is 0 Å². The van der Waals surface area contributed by atoms with Crippen molar-refractivity contribution in [3.8, 4) is 0 Å². The molecule has 2 heterocycles.